The fourth-order valence-corrected chi connectivity index (χ4v) is 3.59. The van der Waals surface area contributed by atoms with Crippen LogP contribution < -0.4 is 5.73 Å². The van der Waals surface area contributed by atoms with Gasteiger partial charge in [-0.2, -0.15) is 13.2 Å². The fourth-order valence-electron chi connectivity index (χ4n) is 3.59. The minimum Gasteiger partial charge on any atom is -0.464 e. The maximum absolute atomic E-state index is 12.8. The Labute approximate surface area is 165 Å². The number of hydrogen-bond donors (Lipinski definition) is 3. The fraction of sp³-hybridized carbons (Fsp3) is 0.579. The number of carbonyl (C=O) groups excluding carboxylic acids is 2. The van der Waals surface area contributed by atoms with E-state index in [0.717, 1.165) is 12.1 Å². The van der Waals surface area contributed by atoms with Gasteiger partial charge in [0.2, 0.25) is 0 Å². The number of ether oxygens (including phenoxy) is 2. The SMILES string of the molecule is CCOC(=O)[C@]1(O)C[C@H](c2ccc(C(F)(F)F)cc2)C[C@](O)(C(=O)OCC)[C@H]1N. The molecule has 1 aliphatic carbocycles. The number of hydrogen-bond acceptors (Lipinski definition) is 7. The van der Waals surface area contributed by atoms with Crippen LogP contribution >= 0.6 is 0 Å². The quantitative estimate of drug-likeness (QED) is 0.619. The van der Waals surface area contributed by atoms with E-state index in [1.807, 2.05) is 0 Å². The Morgan fingerprint density at radius 3 is 1.79 bits per heavy atom. The molecule has 0 radical (unpaired) electrons. The van der Waals surface area contributed by atoms with Crippen LogP contribution in [-0.4, -0.2) is 52.6 Å². The second kappa shape index (κ2) is 8.29. The molecule has 1 fully saturated rings. The summed E-state index contributed by atoms with van der Waals surface area (Å²) in [5, 5.41) is 21.9. The van der Waals surface area contributed by atoms with Crippen LogP contribution in [0.1, 0.15) is 43.7 Å². The third kappa shape index (κ3) is 4.39. The van der Waals surface area contributed by atoms with Crippen LogP contribution in [0, 0.1) is 0 Å². The van der Waals surface area contributed by atoms with Crippen LogP contribution in [0.4, 0.5) is 13.2 Å². The van der Waals surface area contributed by atoms with Gasteiger partial charge in [-0.3, -0.25) is 0 Å². The molecule has 1 aromatic carbocycles. The molecule has 0 aromatic heterocycles. The first-order valence-corrected chi connectivity index (χ1v) is 9.12. The minimum atomic E-state index is -4.54. The van der Waals surface area contributed by atoms with E-state index in [-0.39, 0.29) is 31.6 Å². The molecule has 1 aromatic rings. The molecule has 0 heterocycles. The predicted octanol–water partition coefficient (Wildman–Crippen LogP) is 1.50. The molecule has 10 heteroatoms. The molecular weight excluding hydrogens is 395 g/mol. The van der Waals surface area contributed by atoms with Crippen molar-refractivity contribution in [3.63, 3.8) is 0 Å². The average Bonchev–Trinajstić information content (AvgIpc) is 2.65. The summed E-state index contributed by atoms with van der Waals surface area (Å²) in [6.07, 6.45) is -5.23. The van der Waals surface area contributed by atoms with Crippen molar-refractivity contribution in [2.45, 2.75) is 56.0 Å². The molecule has 7 nitrogen and oxygen atoms in total. The van der Waals surface area contributed by atoms with E-state index in [2.05, 4.69) is 0 Å². The lowest BCUT2D eigenvalue weighted by atomic mass is 9.64. The van der Waals surface area contributed by atoms with Crippen molar-refractivity contribution < 1.29 is 42.4 Å². The molecule has 0 unspecified atom stereocenters. The van der Waals surface area contributed by atoms with Gasteiger partial charge in [-0.1, -0.05) is 12.1 Å². The van der Waals surface area contributed by atoms with E-state index >= 15 is 0 Å². The van der Waals surface area contributed by atoms with Crippen LogP contribution in [0.5, 0.6) is 0 Å². The molecule has 162 valence electrons. The Bertz CT molecular complexity index is 719. The Kier molecular flexibility index (Phi) is 6.61. The van der Waals surface area contributed by atoms with Crippen molar-refractivity contribution in [2.75, 3.05) is 13.2 Å². The lowest BCUT2D eigenvalue weighted by molar-refractivity contribution is -0.198. The third-order valence-electron chi connectivity index (χ3n) is 5.11. The average molecular weight is 419 g/mol. The van der Waals surface area contributed by atoms with E-state index in [1.54, 1.807) is 0 Å². The number of alkyl halides is 3. The maximum Gasteiger partial charge on any atom is 0.416 e. The number of nitrogens with two attached hydrogens (primary N) is 1. The van der Waals surface area contributed by atoms with Gasteiger partial charge in [-0.25, -0.2) is 9.59 Å². The molecule has 0 spiro atoms. The highest BCUT2D eigenvalue weighted by molar-refractivity contribution is 5.87. The molecular formula is C19H24F3NO6. The Hall–Kier alpha value is -2.17. The van der Waals surface area contributed by atoms with Crippen molar-refractivity contribution in [3.05, 3.63) is 35.4 Å². The van der Waals surface area contributed by atoms with Crippen LogP contribution in [0.15, 0.2) is 24.3 Å². The largest absolute Gasteiger partial charge is 0.464 e. The first kappa shape index (κ1) is 23.1. The molecule has 29 heavy (non-hydrogen) atoms. The highest BCUT2D eigenvalue weighted by Gasteiger charge is 2.62. The number of aliphatic hydroxyl groups is 2. The molecule has 1 saturated carbocycles. The first-order valence-electron chi connectivity index (χ1n) is 9.12. The summed E-state index contributed by atoms with van der Waals surface area (Å²) in [7, 11) is 0. The van der Waals surface area contributed by atoms with E-state index in [1.165, 1.54) is 26.0 Å². The molecule has 0 amide bonds. The van der Waals surface area contributed by atoms with Crippen molar-refractivity contribution in [1.82, 2.24) is 0 Å². The Balaban J connectivity index is 2.47. The van der Waals surface area contributed by atoms with Gasteiger partial charge >= 0.3 is 18.1 Å². The monoisotopic (exact) mass is 419 g/mol. The molecule has 0 aliphatic heterocycles. The molecule has 2 rings (SSSR count). The topological polar surface area (TPSA) is 119 Å². The molecule has 0 bridgehead atoms. The van der Waals surface area contributed by atoms with Gasteiger partial charge in [0.15, 0.2) is 11.2 Å². The second-order valence-electron chi connectivity index (χ2n) is 6.99. The zero-order valence-electron chi connectivity index (χ0n) is 16.0. The standard InChI is InChI=1S/C19H24F3NO6/c1-3-28-15(24)17(26)9-12(10-18(27,14(17)23)16(25)29-4-2)11-5-7-13(8-6-11)19(20,21)22/h5-8,12,14,26-27H,3-4,9-10,23H2,1-2H3/t12-,14-,17-,18+. The van der Waals surface area contributed by atoms with Crippen molar-refractivity contribution >= 4 is 11.9 Å². The van der Waals surface area contributed by atoms with Crippen molar-refractivity contribution in [1.29, 1.82) is 0 Å². The van der Waals surface area contributed by atoms with E-state index in [9.17, 15) is 33.0 Å². The number of rotatable bonds is 5. The Morgan fingerprint density at radius 2 is 1.45 bits per heavy atom. The van der Waals surface area contributed by atoms with Gasteiger partial charge < -0.3 is 25.4 Å². The summed E-state index contributed by atoms with van der Waals surface area (Å²) >= 11 is 0. The first-order chi connectivity index (χ1) is 13.4. The van der Waals surface area contributed by atoms with Gasteiger partial charge in [0, 0.05) is 0 Å². The lowest BCUT2D eigenvalue weighted by Crippen LogP contribution is -2.71. The zero-order valence-corrected chi connectivity index (χ0v) is 16.0. The zero-order chi connectivity index (χ0) is 22.0. The summed E-state index contributed by atoms with van der Waals surface area (Å²) in [6.45, 7) is 2.83. The van der Waals surface area contributed by atoms with Crippen molar-refractivity contribution in [3.8, 4) is 0 Å². The van der Waals surface area contributed by atoms with Crippen molar-refractivity contribution in [2.24, 2.45) is 5.73 Å². The van der Waals surface area contributed by atoms with Crippen LogP contribution in [0.2, 0.25) is 0 Å². The second-order valence-corrected chi connectivity index (χ2v) is 6.99. The van der Waals surface area contributed by atoms with Crippen LogP contribution in [0.3, 0.4) is 0 Å². The van der Waals surface area contributed by atoms with Crippen LogP contribution in [0.25, 0.3) is 0 Å². The summed E-state index contributed by atoms with van der Waals surface area (Å²) < 4.78 is 48.2. The van der Waals surface area contributed by atoms with Gasteiger partial charge in [-0.05, 0) is 50.3 Å². The summed E-state index contributed by atoms with van der Waals surface area (Å²) in [5.41, 5.74) is 0.450. The number of carbonyl (C=O) groups is 2. The molecule has 4 atom stereocenters. The van der Waals surface area contributed by atoms with E-state index in [4.69, 9.17) is 15.2 Å². The summed E-state index contributed by atoms with van der Waals surface area (Å²) in [4.78, 5) is 24.8. The highest BCUT2D eigenvalue weighted by Crippen LogP contribution is 2.45. The number of esters is 2. The van der Waals surface area contributed by atoms with E-state index < -0.39 is 46.8 Å². The Morgan fingerprint density at radius 1 is 1.03 bits per heavy atom. The highest BCUT2D eigenvalue weighted by atomic mass is 19.4. The molecule has 1 aliphatic rings. The molecule has 4 N–H and O–H groups in total. The summed E-state index contributed by atoms with van der Waals surface area (Å²) in [6, 6.07) is 2.27. The lowest BCUT2D eigenvalue weighted by Gasteiger charge is -2.47. The maximum atomic E-state index is 12.8. The van der Waals surface area contributed by atoms with Gasteiger partial charge in [0.1, 0.15) is 0 Å². The number of halogens is 3. The summed E-state index contributed by atoms with van der Waals surface area (Å²) in [5.74, 6) is -3.13. The smallest absolute Gasteiger partial charge is 0.416 e. The van der Waals surface area contributed by atoms with Gasteiger partial charge in [0.05, 0.1) is 24.8 Å². The van der Waals surface area contributed by atoms with E-state index in [0.29, 0.717) is 0 Å². The van der Waals surface area contributed by atoms with Gasteiger partial charge in [-0.15, -0.1) is 0 Å². The molecule has 0 saturated heterocycles. The number of benzene rings is 1. The predicted molar refractivity (Wildman–Crippen MR) is 94.6 cm³/mol. The van der Waals surface area contributed by atoms with Crippen LogP contribution in [-0.2, 0) is 25.2 Å². The third-order valence-corrected chi connectivity index (χ3v) is 5.11. The minimum absolute atomic E-state index is 0.0867. The van der Waals surface area contributed by atoms with Gasteiger partial charge in [0.25, 0.3) is 0 Å². The normalized spacial score (nSPS) is 29.9.